The number of carbonyl (C=O) groups is 2. The zero-order chi connectivity index (χ0) is 19.4. The van der Waals surface area contributed by atoms with Gasteiger partial charge in [0.25, 0.3) is 5.91 Å². The molecule has 0 spiro atoms. The molecule has 0 N–H and O–H groups in total. The highest BCUT2D eigenvalue weighted by Gasteiger charge is 2.30. The lowest BCUT2D eigenvalue weighted by molar-refractivity contribution is -0.142. The van der Waals surface area contributed by atoms with Crippen LogP contribution in [-0.2, 0) is 15.0 Å². The van der Waals surface area contributed by atoms with Crippen molar-refractivity contribution in [1.29, 1.82) is 0 Å². The van der Waals surface area contributed by atoms with Gasteiger partial charge in [-0.3, -0.25) is 9.59 Å². The highest BCUT2D eigenvalue weighted by Crippen LogP contribution is 2.31. The second-order valence-corrected chi connectivity index (χ2v) is 8.72. The molecule has 148 valence electrons. The lowest BCUT2D eigenvalue weighted by Crippen LogP contribution is -2.52. The Labute approximate surface area is 162 Å². The van der Waals surface area contributed by atoms with Gasteiger partial charge in [-0.15, -0.1) is 0 Å². The van der Waals surface area contributed by atoms with E-state index in [0.29, 0.717) is 26.2 Å². The van der Waals surface area contributed by atoms with Crippen molar-refractivity contribution in [2.24, 2.45) is 5.92 Å². The topological polar surface area (TPSA) is 49.9 Å². The number of piperazine rings is 1. The first kappa shape index (κ1) is 19.7. The Hall–Kier alpha value is -2.04. The van der Waals surface area contributed by atoms with Crippen LogP contribution in [0, 0.1) is 5.92 Å². The molecule has 2 amide bonds. The number of hydrogen-bond donors (Lipinski definition) is 0. The SMILES string of the molecule is CC(C)(C)c1ccccc1OCC(=O)N1CCN(C(=O)C2CCCC2)CC1. The second kappa shape index (κ2) is 8.32. The predicted octanol–water partition coefficient (Wildman–Crippen LogP) is 3.22. The maximum Gasteiger partial charge on any atom is 0.260 e. The summed E-state index contributed by atoms with van der Waals surface area (Å²) in [5.41, 5.74) is 1.07. The summed E-state index contributed by atoms with van der Waals surface area (Å²) in [6, 6.07) is 7.90. The number of nitrogens with zero attached hydrogens (tertiary/aromatic N) is 2. The van der Waals surface area contributed by atoms with Gasteiger partial charge in [-0.1, -0.05) is 51.8 Å². The van der Waals surface area contributed by atoms with Gasteiger partial charge in [-0.2, -0.15) is 0 Å². The normalized spacial score (nSPS) is 18.6. The first-order valence-electron chi connectivity index (χ1n) is 10.1. The van der Waals surface area contributed by atoms with Crippen LogP contribution in [0.15, 0.2) is 24.3 Å². The lowest BCUT2D eigenvalue weighted by atomic mass is 9.86. The fraction of sp³-hybridized carbons (Fsp3) is 0.636. The second-order valence-electron chi connectivity index (χ2n) is 8.72. The third kappa shape index (κ3) is 4.82. The van der Waals surface area contributed by atoms with Crippen molar-refractivity contribution in [3.05, 3.63) is 29.8 Å². The Kier molecular flexibility index (Phi) is 6.08. The van der Waals surface area contributed by atoms with Gasteiger partial charge < -0.3 is 14.5 Å². The highest BCUT2D eigenvalue weighted by molar-refractivity contribution is 5.80. The number of para-hydroxylation sites is 1. The first-order chi connectivity index (χ1) is 12.9. The van der Waals surface area contributed by atoms with Gasteiger partial charge in [0.15, 0.2) is 6.61 Å². The molecular formula is C22H32N2O3. The Balaban J connectivity index is 1.50. The van der Waals surface area contributed by atoms with Gasteiger partial charge >= 0.3 is 0 Å². The summed E-state index contributed by atoms with van der Waals surface area (Å²) in [7, 11) is 0. The molecular weight excluding hydrogens is 340 g/mol. The molecule has 0 radical (unpaired) electrons. The molecule has 1 aliphatic carbocycles. The van der Waals surface area contributed by atoms with Crippen molar-refractivity contribution in [1.82, 2.24) is 9.80 Å². The molecule has 0 unspecified atom stereocenters. The predicted molar refractivity (Wildman–Crippen MR) is 106 cm³/mol. The van der Waals surface area contributed by atoms with Gasteiger partial charge in [0, 0.05) is 32.1 Å². The van der Waals surface area contributed by atoms with Crippen LogP contribution in [-0.4, -0.2) is 54.4 Å². The van der Waals surface area contributed by atoms with Crippen molar-refractivity contribution in [3.8, 4) is 5.75 Å². The Morgan fingerprint density at radius 2 is 1.59 bits per heavy atom. The van der Waals surface area contributed by atoms with E-state index < -0.39 is 0 Å². The van der Waals surface area contributed by atoms with Crippen LogP contribution in [0.25, 0.3) is 0 Å². The van der Waals surface area contributed by atoms with E-state index in [1.54, 1.807) is 0 Å². The van der Waals surface area contributed by atoms with E-state index in [9.17, 15) is 9.59 Å². The fourth-order valence-electron chi connectivity index (χ4n) is 4.05. The van der Waals surface area contributed by atoms with Crippen molar-refractivity contribution >= 4 is 11.8 Å². The summed E-state index contributed by atoms with van der Waals surface area (Å²) in [6.45, 7) is 8.93. The summed E-state index contributed by atoms with van der Waals surface area (Å²) in [4.78, 5) is 28.8. The van der Waals surface area contributed by atoms with E-state index in [4.69, 9.17) is 4.74 Å². The van der Waals surface area contributed by atoms with Crippen molar-refractivity contribution < 1.29 is 14.3 Å². The minimum atomic E-state index is -0.0358. The van der Waals surface area contributed by atoms with E-state index in [1.807, 2.05) is 34.1 Å². The molecule has 0 bridgehead atoms. The molecule has 5 nitrogen and oxygen atoms in total. The Morgan fingerprint density at radius 1 is 1.00 bits per heavy atom. The number of ether oxygens (including phenoxy) is 1. The number of benzene rings is 1. The largest absolute Gasteiger partial charge is 0.483 e. The Morgan fingerprint density at radius 3 is 2.22 bits per heavy atom. The Bertz CT molecular complexity index is 666. The molecule has 27 heavy (non-hydrogen) atoms. The van der Waals surface area contributed by atoms with Gasteiger partial charge in [0.1, 0.15) is 5.75 Å². The molecule has 3 rings (SSSR count). The molecule has 1 heterocycles. The van der Waals surface area contributed by atoms with Crippen molar-refractivity contribution in [3.63, 3.8) is 0 Å². The van der Waals surface area contributed by atoms with Crippen LogP contribution in [0.2, 0.25) is 0 Å². The average Bonchev–Trinajstić information content (AvgIpc) is 3.20. The fourth-order valence-corrected chi connectivity index (χ4v) is 4.05. The van der Waals surface area contributed by atoms with Gasteiger partial charge in [0.2, 0.25) is 5.91 Å². The van der Waals surface area contributed by atoms with Crippen molar-refractivity contribution in [2.45, 2.75) is 51.9 Å². The van der Waals surface area contributed by atoms with Crippen LogP contribution in [0.3, 0.4) is 0 Å². The number of carbonyl (C=O) groups excluding carboxylic acids is 2. The van der Waals surface area contributed by atoms with Crippen LogP contribution in [0.5, 0.6) is 5.75 Å². The average molecular weight is 373 g/mol. The van der Waals surface area contributed by atoms with Crippen LogP contribution in [0.1, 0.15) is 52.0 Å². The summed E-state index contributed by atoms with van der Waals surface area (Å²) in [5.74, 6) is 1.26. The quantitative estimate of drug-likeness (QED) is 0.815. The highest BCUT2D eigenvalue weighted by atomic mass is 16.5. The number of amides is 2. The molecule has 1 saturated heterocycles. The first-order valence-corrected chi connectivity index (χ1v) is 10.1. The molecule has 0 atom stereocenters. The number of hydrogen-bond acceptors (Lipinski definition) is 3. The monoisotopic (exact) mass is 372 g/mol. The summed E-state index contributed by atoms with van der Waals surface area (Å²) in [5, 5.41) is 0. The molecule has 5 heteroatoms. The zero-order valence-electron chi connectivity index (χ0n) is 16.9. The maximum absolute atomic E-state index is 12.6. The summed E-state index contributed by atoms with van der Waals surface area (Å²) in [6.07, 6.45) is 4.39. The molecule has 1 saturated carbocycles. The van der Waals surface area contributed by atoms with Gasteiger partial charge in [-0.05, 0) is 29.9 Å². The van der Waals surface area contributed by atoms with Crippen molar-refractivity contribution in [2.75, 3.05) is 32.8 Å². The summed E-state index contributed by atoms with van der Waals surface area (Å²) < 4.78 is 5.86. The van der Waals surface area contributed by atoms with E-state index >= 15 is 0 Å². The van der Waals surface area contributed by atoms with Gasteiger partial charge in [0.05, 0.1) is 0 Å². The third-order valence-electron chi connectivity index (χ3n) is 5.69. The maximum atomic E-state index is 12.6. The van der Waals surface area contributed by atoms with Crippen LogP contribution >= 0.6 is 0 Å². The molecule has 1 aromatic carbocycles. The summed E-state index contributed by atoms with van der Waals surface area (Å²) >= 11 is 0. The van der Waals surface area contributed by atoms with E-state index in [1.165, 1.54) is 12.8 Å². The lowest BCUT2D eigenvalue weighted by Gasteiger charge is -2.36. The van der Waals surface area contributed by atoms with E-state index in [2.05, 4.69) is 20.8 Å². The molecule has 2 fully saturated rings. The third-order valence-corrected chi connectivity index (χ3v) is 5.69. The number of rotatable bonds is 4. The molecule has 1 aliphatic heterocycles. The minimum absolute atomic E-state index is 0.00771. The molecule has 0 aromatic heterocycles. The van der Waals surface area contributed by atoms with Gasteiger partial charge in [-0.25, -0.2) is 0 Å². The van der Waals surface area contributed by atoms with Crippen LogP contribution in [0.4, 0.5) is 0 Å². The smallest absolute Gasteiger partial charge is 0.260 e. The zero-order valence-corrected chi connectivity index (χ0v) is 16.9. The van der Waals surface area contributed by atoms with Crippen LogP contribution < -0.4 is 4.74 Å². The van der Waals surface area contributed by atoms with E-state index in [-0.39, 0.29) is 29.8 Å². The molecule has 1 aromatic rings. The standard InChI is InChI=1S/C22H32N2O3/c1-22(2,3)18-10-6-7-11-19(18)27-16-20(25)23-12-14-24(15-13-23)21(26)17-8-4-5-9-17/h6-7,10-11,17H,4-5,8-9,12-16H2,1-3H3. The van der Waals surface area contributed by atoms with E-state index in [0.717, 1.165) is 24.2 Å². The minimum Gasteiger partial charge on any atom is -0.483 e. The molecule has 2 aliphatic rings.